The minimum Gasteiger partial charge on any atom is -0.483 e. The number of aryl methyl sites for hydroxylation is 1. The zero-order valence-corrected chi connectivity index (χ0v) is 21.5. The van der Waals surface area contributed by atoms with E-state index in [0.717, 1.165) is 15.6 Å². The summed E-state index contributed by atoms with van der Waals surface area (Å²) in [5, 5.41) is 2.94. The molecule has 0 aliphatic carbocycles. The van der Waals surface area contributed by atoms with E-state index in [1.54, 1.807) is 4.90 Å². The van der Waals surface area contributed by atoms with Crippen LogP contribution < -0.4 is 10.1 Å². The number of rotatable bonds is 10. The highest BCUT2D eigenvalue weighted by molar-refractivity contribution is 9.10. The van der Waals surface area contributed by atoms with E-state index in [-0.39, 0.29) is 24.5 Å². The second-order valence-electron chi connectivity index (χ2n) is 8.73. The molecule has 0 aliphatic heterocycles. The van der Waals surface area contributed by atoms with Crippen LogP contribution in [0.1, 0.15) is 63.6 Å². The molecule has 2 aromatic rings. The topological polar surface area (TPSA) is 58.6 Å². The molecule has 5 nitrogen and oxygen atoms in total. The van der Waals surface area contributed by atoms with Crippen molar-refractivity contribution in [2.24, 2.45) is 0 Å². The summed E-state index contributed by atoms with van der Waals surface area (Å²) in [7, 11) is 0. The molecule has 0 heterocycles. The first-order chi connectivity index (χ1) is 15.1. The fourth-order valence-electron chi connectivity index (χ4n) is 3.41. The van der Waals surface area contributed by atoms with Crippen molar-refractivity contribution in [1.82, 2.24) is 10.2 Å². The van der Waals surface area contributed by atoms with Gasteiger partial charge >= 0.3 is 0 Å². The molecule has 0 bridgehead atoms. The Morgan fingerprint density at radius 2 is 1.72 bits per heavy atom. The predicted molar refractivity (Wildman–Crippen MR) is 133 cm³/mol. The average molecular weight is 503 g/mol. The van der Waals surface area contributed by atoms with E-state index in [9.17, 15) is 9.59 Å². The monoisotopic (exact) mass is 502 g/mol. The van der Waals surface area contributed by atoms with Crippen LogP contribution in [0.5, 0.6) is 5.75 Å². The molecule has 0 radical (unpaired) electrons. The molecule has 0 saturated heterocycles. The average Bonchev–Trinajstić information content (AvgIpc) is 2.73. The van der Waals surface area contributed by atoms with Crippen LogP contribution in [0.2, 0.25) is 0 Å². The SMILES string of the molecule is CC[C@H](C(=O)NC(C)C)N(Cc1ccc(C)cc1)C(=O)COc1ccc(C(C)C)cc1Br. The minimum absolute atomic E-state index is 0.000413. The molecule has 6 heteroatoms. The first kappa shape index (κ1) is 25.9. The van der Waals surface area contributed by atoms with E-state index in [1.807, 2.05) is 70.2 Å². The van der Waals surface area contributed by atoms with Crippen LogP contribution in [0.25, 0.3) is 0 Å². The highest BCUT2D eigenvalue weighted by Gasteiger charge is 2.29. The molecular weight excluding hydrogens is 468 g/mol. The van der Waals surface area contributed by atoms with Crippen LogP contribution in [0.4, 0.5) is 0 Å². The fraction of sp³-hybridized carbons (Fsp3) is 0.462. The molecular formula is C26H35BrN2O3. The van der Waals surface area contributed by atoms with Crippen molar-refractivity contribution in [3.05, 3.63) is 63.6 Å². The van der Waals surface area contributed by atoms with Crippen molar-refractivity contribution in [2.45, 2.75) is 72.5 Å². The van der Waals surface area contributed by atoms with Crippen molar-refractivity contribution in [1.29, 1.82) is 0 Å². The van der Waals surface area contributed by atoms with Crippen molar-refractivity contribution >= 4 is 27.7 Å². The molecule has 1 N–H and O–H groups in total. The van der Waals surface area contributed by atoms with Gasteiger partial charge in [0, 0.05) is 12.6 Å². The van der Waals surface area contributed by atoms with Gasteiger partial charge in [0.05, 0.1) is 4.47 Å². The lowest BCUT2D eigenvalue weighted by molar-refractivity contribution is -0.143. The maximum absolute atomic E-state index is 13.3. The number of carbonyl (C=O) groups is 2. The highest BCUT2D eigenvalue weighted by atomic mass is 79.9. The number of nitrogens with zero attached hydrogens (tertiary/aromatic N) is 1. The summed E-state index contributed by atoms with van der Waals surface area (Å²) in [5.74, 6) is 0.635. The lowest BCUT2D eigenvalue weighted by Gasteiger charge is -2.31. The van der Waals surface area contributed by atoms with Gasteiger partial charge in [-0.3, -0.25) is 9.59 Å². The van der Waals surface area contributed by atoms with E-state index in [0.29, 0.717) is 24.6 Å². The zero-order valence-electron chi connectivity index (χ0n) is 19.9. The van der Waals surface area contributed by atoms with Gasteiger partial charge in [-0.25, -0.2) is 0 Å². The molecule has 0 unspecified atom stereocenters. The Bertz CT molecular complexity index is 910. The van der Waals surface area contributed by atoms with Crippen LogP contribution in [-0.2, 0) is 16.1 Å². The lowest BCUT2D eigenvalue weighted by atomic mass is 10.0. The van der Waals surface area contributed by atoms with Crippen LogP contribution in [0, 0.1) is 6.92 Å². The quantitative estimate of drug-likeness (QED) is 0.460. The van der Waals surface area contributed by atoms with E-state index >= 15 is 0 Å². The summed E-state index contributed by atoms with van der Waals surface area (Å²) in [6.07, 6.45) is 0.517. The Morgan fingerprint density at radius 3 is 2.25 bits per heavy atom. The number of nitrogens with one attached hydrogen (secondary N) is 1. The summed E-state index contributed by atoms with van der Waals surface area (Å²) in [6.45, 7) is 12.2. The third-order valence-electron chi connectivity index (χ3n) is 5.26. The Labute approximate surface area is 200 Å². The third-order valence-corrected chi connectivity index (χ3v) is 5.88. The smallest absolute Gasteiger partial charge is 0.261 e. The number of ether oxygens (including phenoxy) is 1. The van der Waals surface area contributed by atoms with E-state index < -0.39 is 6.04 Å². The number of benzene rings is 2. The molecule has 0 aromatic heterocycles. The number of carbonyl (C=O) groups excluding carboxylic acids is 2. The van der Waals surface area contributed by atoms with Gasteiger partial charge in [-0.15, -0.1) is 0 Å². The van der Waals surface area contributed by atoms with Gasteiger partial charge in [-0.1, -0.05) is 56.7 Å². The zero-order chi connectivity index (χ0) is 23.8. The van der Waals surface area contributed by atoms with Gasteiger partial charge in [0.25, 0.3) is 5.91 Å². The predicted octanol–water partition coefficient (Wildman–Crippen LogP) is 5.59. The van der Waals surface area contributed by atoms with Crippen LogP contribution in [-0.4, -0.2) is 35.4 Å². The van der Waals surface area contributed by atoms with Gasteiger partial charge in [0.15, 0.2) is 6.61 Å². The summed E-state index contributed by atoms with van der Waals surface area (Å²) < 4.78 is 6.67. The molecule has 2 aromatic carbocycles. The number of amides is 2. The van der Waals surface area contributed by atoms with Gasteiger partial charge in [0.2, 0.25) is 5.91 Å². The van der Waals surface area contributed by atoms with Gasteiger partial charge in [-0.05, 0) is 72.3 Å². The van der Waals surface area contributed by atoms with Crippen LogP contribution in [0.15, 0.2) is 46.9 Å². The van der Waals surface area contributed by atoms with Crippen molar-refractivity contribution in [2.75, 3.05) is 6.61 Å². The summed E-state index contributed by atoms with van der Waals surface area (Å²) in [6, 6.07) is 13.3. The normalized spacial score (nSPS) is 12.0. The lowest BCUT2D eigenvalue weighted by Crippen LogP contribution is -2.51. The number of hydrogen-bond acceptors (Lipinski definition) is 3. The maximum atomic E-state index is 13.3. The second kappa shape index (κ2) is 12.0. The van der Waals surface area contributed by atoms with Gasteiger partial charge in [0.1, 0.15) is 11.8 Å². The number of hydrogen-bond donors (Lipinski definition) is 1. The van der Waals surface area contributed by atoms with Gasteiger partial charge in [-0.2, -0.15) is 0 Å². The van der Waals surface area contributed by atoms with E-state index in [1.165, 1.54) is 5.56 Å². The molecule has 0 saturated carbocycles. The molecule has 1 atom stereocenters. The van der Waals surface area contributed by atoms with E-state index in [4.69, 9.17) is 4.74 Å². The standard InChI is InChI=1S/C26H35BrN2O3/c1-7-23(26(31)28-18(4)5)29(15-20-10-8-19(6)9-11-20)25(30)16-32-24-13-12-21(17(2)3)14-22(24)27/h8-14,17-18,23H,7,15-16H2,1-6H3,(H,28,31)/t23-/m1/s1. The Hall–Kier alpha value is -2.34. The molecule has 174 valence electrons. The Balaban J connectivity index is 2.22. The van der Waals surface area contributed by atoms with Crippen LogP contribution >= 0.6 is 15.9 Å². The Morgan fingerprint density at radius 1 is 1.06 bits per heavy atom. The summed E-state index contributed by atoms with van der Waals surface area (Å²) in [4.78, 5) is 27.7. The molecule has 2 rings (SSSR count). The highest BCUT2D eigenvalue weighted by Crippen LogP contribution is 2.29. The largest absolute Gasteiger partial charge is 0.483 e. The molecule has 0 spiro atoms. The maximum Gasteiger partial charge on any atom is 0.261 e. The Kier molecular flexibility index (Phi) is 9.76. The second-order valence-corrected chi connectivity index (χ2v) is 9.58. The first-order valence-corrected chi connectivity index (χ1v) is 12.0. The molecule has 0 fully saturated rings. The first-order valence-electron chi connectivity index (χ1n) is 11.2. The van der Waals surface area contributed by atoms with E-state index in [2.05, 4.69) is 35.1 Å². The molecule has 32 heavy (non-hydrogen) atoms. The summed E-state index contributed by atoms with van der Waals surface area (Å²) in [5.41, 5.74) is 3.31. The van der Waals surface area contributed by atoms with Gasteiger partial charge < -0.3 is 15.0 Å². The molecule has 2 amide bonds. The van der Waals surface area contributed by atoms with Crippen molar-refractivity contribution in [3.63, 3.8) is 0 Å². The minimum atomic E-state index is -0.568. The third kappa shape index (κ3) is 7.37. The summed E-state index contributed by atoms with van der Waals surface area (Å²) >= 11 is 3.54. The number of halogens is 1. The molecule has 0 aliphatic rings. The van der Waals surface area contributed by atoms with Crippen molar-refractivity contribution < 1.29 is 14.3 Å². The van der Waals surface area contributed by atoms with Crippen molar-refractivity contribution in [3.8, 4) is 5.75 Å². The fourth-order valence-corrected chi connectivity index (χ4v) is 3.92. The van der Waals surface area contributed by atoms with Crippen LogP contribution in [0.3, 0.4) is 0 Å².